The van der Waals surface area contributed by atoms with Crippen molar-refractivity contribution in [2.24, 2.45) is 17.6 Å². The van der Waals surface area contributed by atoms with Gasteiger partial charge in [0.2, 0.25) is 0 Å². The largest absolute Gasteiger partial charge is 0.376 e. The Hall–Kier alpha value is -1.00. The molecule has 1 aromatic rings. The van der Waals surface area contributed by atoms with E-state index >= 15 is 0 Å². The van der Waals surface area contributed by atoms with Crippen LogP contribution in [0.15, 0.2) is 18.2 Å². The van der Waals surface area contributed by atoms with Gasteiger partial charge in [-0.25, -0.2) is 8.78 Å². The van der Waals surface area contributed by atoms with Gasteiger partial charge in [0, 0.05) is 6.07 Å². The van der Waals surface area contributed by atoms with E-state index in [-0.39, 0.29) is 6.61 Å². The zero-order valence-electron chi connectivity index (χ0n) is 10.4. The Labute approximate surface area is 106 Å². The summed E-state index contributed by atoms with van der Waals surface area (Å²) >= 11 is 0. The molecule has 4 heteroatoms. The Bertz CT molecular complexity index is 377. The molecule has 1 aromatic carbocycles. The van der Waals surface area contributed by atoms with Gasteiger partial charge < -0.3 is 10.5 Å². The molecule has 0 heterocycles. The Balaban J connectivity index is 1.81. The highest BCUT2D eigenvalue weighted by molar-refractivity contribution is 5.16. The van der Waals surface area contributed by atoms with Gasteiger partial charge in [0.05, 0.1) is 13.2 Å². The second-order valence-electron chi connectivity index (χ2n) is 4.98. The molecule has 0 bridgehead atoms. The van der Waals surface area contributed by atoms with Crippen LogP contribution in [0.3, 0.4) is 0 Å². The van der Waals surface area contributed by atoms with Crippen LogP contribution in [-0.2, 0) is 11.3 Å². The molecule has 0 radical (unpaired) electrons. The smallest absolute Gasteiger partial charge is 0.126 e. The zero-order valence-corrected chi connectivity index (χ0v) is 10.4. The molecule has 2 N–H and O–H groups in total. The summed E-state index contributed by atoms with van der Waals surface area (Å²) in [6.45, 7) is 1.57. The molecule has 0 amide bonds. The monoisotopic (exact) mass is 255 g/mol. The first-order chi connectivity index (χ1) is 8.69. The first-order valence-corrected chi connectivity index (χ1v) is 6.42. The molecule has 1 saturated carbocycles. The predicted octanol–water partition coefficient (Wildman–Crippen LogP) is 2.86. The summed E-state index contributed by atoms with van der Waals surface area (Å²) < 4.78 is 31.5. The van der Waals surface area contributed by atoms with Crippen LogP contribution in [0.25, 0.3) is 0 Å². The molecule has 2 unspecified atom stereocenters. The number of halogens is 2. The van der Waals surface area contributed by atoms with Crippen molar-refractivity contribution in [2.45, 2.75) is 25.9 Å². The second kappa shape index (κ2) is 6.25. The van der Waals surface area contributed by atoms with Crippen LogP contribution < -0.4 is 5.73 Å². The van der Waals surface area contributed by atoms with E-state index in [2.05, 4.69) is 0 Å². The summed E-state index contributed by atoms with van der Waals surface area (Å²) in [7, 11) is 0. The molecule has 1 aliphatic carbocycles. The van der Waals surface area contributed by atoms with Gasteiger partial charge in [-0.2, -0.15) is 0 Å². The van der Waals surface area contributed by atoms with Crippen molar-refractivity contribution in [3.8, 4) is 0 Å². The Morgan fingerprint density at radius 1 is 1.11 bits per heavy atom. The molecule has 1 aliphatic rings. The fourth-order valence-electron chi connectivity index (χ4n) is 2.67. The number of rotatable bonds is 5. The fourth-order valence-corrected chi connectivity index (χ4v) is 2.67. The van der Waals surface area contributed by atoms with Crippen molar-refractivity contribution in [1.82, 2.24) is 0 Å². The summed E-state index contributed by atoms with van der Waals surface area (Å²) in [6.07, 6.45) is 3.50. The molecule has 0 aromatic heterocycles. The third-order valence-electron chi connectivity index (χ3n) is 3.64. The second-order valence-corrected chi connectivity index (χ2v) is 4.98. The molecule has 0 saturated heterocycles. The summed E-state index contributed by atoms with van der Waals surface area (Å²) in [5.74, 6) is -0.0914. The van der Waals surface area contributed by atoms with Gasteiger partial charge in [0.1, 0.15) is 11.6 Å². The molecule has 2 nitrogen and oxygen atoms in total. The molecular formula is C14H19F2NO. The van der Waals surface area contributed by atoms with Crippen molar-refractivity contribution < 1.29 is 13.5 Å². The molecule has 1 fully saturated rings. The predicted molar refractivity (Wildman–Crippen MR) is 65.9 cm³/mol. The molecule has 2 rings (SSSR count). The Kier molecular flexibility index (Phi) is 4.66. The minimum absolute atomic E-state index is 0.252. The van der Waals surface area contributed by atoms with Crippen molar-refractivity contribution in [3.63, 3.8) is 0 Å². The normalized spacial score (nSPS) is 23.5. The summed E-state index contributed by atoms with van der Waals surface area (Å²) in [5, 5.41) is 0. The molecule has 18 heavy (non-hydrogen) atoms. The van der Waals surface area contributed by atoms with E-state index in [1.165, 1.54) is 25.0 Å². The molecule has 0 aliphatic heterocycles. The van der Waals surface area contributed by atoms with Gasteiger partial charge in [-0.15, -0.1) is 0 Å². The minimum atomic E-state index is -0.561. The number of nitrogens with two attached hydrogens (primary N) is 1. The fraction of sp³-hybridized carbons (Fsp3) is 0.571. The quantitative estimate of drug-likeness (QED) is 0.878. The number of hydrogen-bond donors (Lipinski definition) is 1. The summed E-state index contributed by atoms with van der Waals surface area (Å²) in [5.41, 5.74) is 6.23. The van der Waals surface area contributed by atoms with Gasteiger partial charge >= 0.3 is 0 Å². The minimum Gasteiger partial charge on any atom is -0.376 e. The first-order valence-electron chi connectivity index (χ1n) is 6.42. The Morgan fingerprint density at radius 3 is 2.44 bits per heavy atom. The lowest BCUT2D eigenvalue weighted by Crippen LogP contribution is -2.22. The van der Waals surface area contributed by atoms with Crippen LogP contribution in [0.2, 0.25) is 0 Å². The van der Waals surface area contributed by atoms with Crippen molar-refractivity contribution in [2.75, 3.05) is 13.2 Å². The lowest BCUT2D eigenvalue weighted by molar-refractivity contribution is 0.0750. The van der Waals surface area contributed by atoms with E-state index in [0.29, 0.717) is 30.6 Å². The summed E-state index contributed by atoms with van der Waals surface area (Å²) in [6, 6.07) is 3.47. The standard InChI is InChI=1S/C14H19F2NO/c15-13-4-10(5-14(16)6-13)8-18-9-12-3-1-2-11(12)7-17/h4-6,11-12H,1-3,7-9,17H2. The van der Waals surface area contributed by atoms with E-state index < -0.39 is 11.6 Å². The van der Waals surface area contributed by atoms with E-state index in [4.69, 9.17) is 10.5 Å². The third-order valence-corrected chi connectivity index (χ3v) is 3.64. The molecule has 0 spiro atoms. The van der Waals surface area contributed by atoms with Crippen molar-refractivity contribution in [1.29, 1.82) is 0 Å². The van der Waals surface area contributed by atoms with Crippen LogP contribution in [0, 0.1) is 23.5 Å². The van der Waals surface area contributed by atoms with Gasteiger partial charge in [0.25, 0.3) is 0 Å². The average molecular weight is 255 g/mol. The van der Waals surface area contributed by atoms with Crippen LogP contribution >= 0.6 is 0 Å². The average Bonchev–Trinajstić information content (AvgIpc) is 2.75. The van der Waals surface area contributed by atoms with E-state index in [9.17, 15) is 8.78 Å². The number of ether oxygens (including phenoxy) is 1. The van der Waals surface area contributed by atoms with E-state index in [1.807, 2.05) is 0 Å². The van der Waals surface area contributed by atoms with Crippen molar-refractivity contribution in [3.05, 3.63) is 35.4 Å². The van der Waals surface area contributed by atoms with Crippen LogP contribution in [-0.4, -0.2) is 13.2 Å². The Morgan fingerprint density at radius 2 is 1.78 bits per heavy atom. The first kappa shape index (κ1) is 13.4. The maximum Gasteiger partial charge on any atom is 0.126 e. The van der Waals surface area contributed by atoms with Crippen molar-refractivity contribution >= 4 is 0 Å². The topological polar surface area (TPSA) is 35.2 Å². The summed E-state index contributed by atoms with van der Waals surface area (Å²) in [4.78, 5) is 0. The lowest BCUT2D eigenvalue weighted by atomic mass is 9.97. The van der Waals surface area contributed by atoms with Gasteiger partial charge in [-0.1, -0.05) is 6.42 Å². The van der Waals surface area contributed by atoms with Crippen LogP contribution in [0.1, 0.15) is 24.8 Å². The highest BCUT2D eigenvalue weighted by atomic mass is 19.1. The van der Waals surface area contributed by atoms with Gasteiger partial charge in [0.15, 0.2) is 0 Å². The maximum atomic E-state index is 13.0. The van der Waals surface area contributed by atoms with E-state index in [1.54, 1.807) is 0 Å². The zero-order chi connectivity index (χ0) is 13.0. The molecular weight excluding hydrogens is 236 g/mol. The third kappa shape index (κ3) is 3.50. The SMILES string of the molecule is NCC1CCCC1COCc1cc(F)cc(F)c1. The van der Waals surface area contributed by atoms with Crippen LogP contribution in [0.5, 0.6) is 0 Å². The highest BCUT2D eigenvalue weighted by Crippen LogP contribution is 2.31. The lowest BCUT2D eigenvalue weighted by Gasteiger charge is -2.17. The van der Waals surface area contributed by atoms with E-state index in [0.717, 1.165) is 12.5 Å². The number of hydrogen-bond acceptors (Lipinski definition) is 2. The number of benzene rings is 1. The maximum absolute atomic E-state index is 13.0. The molecule has 100 valence electrons. The van der Waals surface area contributed by atoms with Gasteiger partial charge in [-0.05, 0) is 48.9 Å². The van der Waals surface area contributed by atoms with Crippen LogP contribution in [0.4, 0.5) is 8.78 Å². The molecule has 2 atom stereocenters. The van der Waals surface area contributed by atoms with Gasteiger partial charge in [-0.3, -0.25) is 0 Å². The highest BCUT2D eigenvalue weighted by Gasteiger charge is 2.25.